The van der Waals surface area contributed by atoms with Gasteiger partial charge in [-0.25, -0.2) is 4.79 Å². The molecule has 0 saturated heterocycles. The van der Waals surface area contributed by atoms with E-state index in [9.17, 15) is 4.79 Å². The Morgan fingerprint density at radius 1 is 0.933 bits per heavy atom. The predicted octanol–water partition coefficient (Wildman–Crippen LogP) is 5.61. The number of anilines is 1. The second-order valence-corrected chi connectivity index (χ2v) is 7.09. The van der Waals surface area contributed by atoms with Crippen molar-refractivity contribution in [1.82, 2.24) is 15.5 Å². The van der Waals surface area contributed by atoms with Crippen molar-refractivity contribution in [2.45, 2.75) is 13.0 Å². The van der Waals surface area contributed by atoms with Crippen LogP contribution in [0.4, 0.5) is 10.5 Å². The molecule has 7 heteroatoms. The summed E-state index contributed by atoms with van der Waals surface area (Å²) in [4.78, 5) is 12.7. The molecule has 0 radical (unpaired) electrons. The van der Waals surface area contributed by atoms with E-state index in [0.717, 1.165) is 16.8 Å². The molecule has 0 spiro atoms. The fourth-order valence-corrected chi connectivity index (χ4v) is 3.25. The Bertz CT molecular complexity index is 1160. The summed E-state index contributed by atoms with van der Waals surface area (Å²) in [5.74, 6) is 0.550. The number of carbonyl (C=O) groups excluding carboxylic acids is 1. The highest BCUT2D eigenvalue weighted by molar-refractivity contribution is 6.33. The van der Waals surface area contributed by atoms with Crippen molar-refractivity contribution >= 4 is 23.3 Å². The van der Waals surface area contributed by atoms with Gasteiger partial charge in [0.2, 0.25) is 11.8 Å². The zero-order valence-electron chi connectivity index (χ0n) is 16.2. The van der Waals surface area contributed by atoms with Crippen LogP contribution in [0.15, 0.2) is 83.3 Å². The van der Waals surface area contributed by atoms with Gasteiger partial charge in [0.25, 0.3) is 0 Å². The minimum Gasteiger partial charge on any atom is -0.418 e. The van der Waals surface area contributed by atoms with Gasteiger partial charge in [0.15, 0.2) is 0 Å². The fourth-order valence-electron chi connectivity index (χ4n) is 3.03. The number of urea groups is 1. The molecule has 6 nitrogen and oxygen atoms in total. The molecular formula is C23H19ClN4O2. The van der Waals surface area contributed by atoms with Gasteiger partial charge < -0.3 is 15.1 Å². The summed E-state index contributed by atoms with van der Waals surface area (Å²) in [5, 5.41) is 14.6. The van der Waals surface area contributed by atoms with Crippen LogP contribution in [0.2, 0.25) is 5.02 Å². The average molecular weight is 419 g/mol. The average Bonchev–Trinajstić information content (AvgIpc) is 3.24. The second-order valence-electron chi connectivity index (χ2n) is 6.68. The summed E-state index contributed by atoms with van der Waals surface area (Å²) in [6.07, 6.45) is 0. The van der Waals surface area contributed by atoms with E-state index in [1.165, 1.54) is 0 Å². The summed E-state index contributed by atoms with van der Waals surface area (Å²) in [6.45, 7) is 1.93. The number of aryl methyl sites for hydroxylation is 1. The van der Waals surface area contributed by atoms with E-state index < -0.39 is 6.04 Å². The van der Waals surface area contributed by atoms with E-state index in [1.807, 2.05) is 73.7 Å². The molecule has 2 N–H and O–H groups in total. The van der Waals surface area contributed by atoms with Crippen LogP contribution < -0.4 is 10.6 Å². The Hall–Kier alpha value is -3.64. The van der Waals surface area contributed by atoms with Crippen LogP contribution in [-0.2, 0) is 0 Å². The molecule has 1 unspecified atom stereocenters. The lowest BCUT2D eigenvalue weighted by atomic mass is 10.1. The molecule has 150 valence electrons. The molecule has 2 amide bonds. The lowest BCUT2D eigenvalue weighted by Gasteiger charge is -2.17. The number of aromatic nitrogens is 2. The topological polar surface area (TPSA) is 80.0 Å². The number of hydrogen-bond donors (Lipinski definition) is 2. The van der Waals surface area contributed by atoms with Crippen molar-refractivity contribution in [3.8, 4) is 11.5 Å². The van der Waals surface area contributed by atoms with Gasteiger partial charge in [0.05, 0.1) is 10.6 Å². The third-order valence-corrected chi connectivity index (χ3v) is 4.92. The number of amides is 2. The van der Waals surface area contributed by atoms with Gasteiger partial charge in [-0.3, -0.25) is 0 Å². The molecule has 1 atom stereocenters. The molecule has 0 aliphatic carbocycles. The summed E-state index contributed by atoms with van der Waals surface area (Å²) in [5.41, 5.74) is 3.13. The predicted molar refractivity (Wildman–Crippen MR) is 116 cm³/mol. The third-order valence-electron chi connectivity index (χ3n) is 4.59. The largest absolute Gasteiger partial charge is 0.418 e. The maximum absolute atomic E-state index is 12.7. The van der Waals surface area contributed by atoms with Gasteiger partial charge >= 0.3 is 6.03 Å². The number of nitrogens with zero attached hydrogens (tertiary/aromatic N) is 2. The highest BCUT2D eigenvalue weighted by atomic mass is 35.5. The van der Waals surface area contributed by atoms with Crippen molar-refractivity contribution < 1.29 is 9.21 Å². The summed E-state index contributed by atoms with van der Waals surface area (Å²) in [6, 6.07) is 23.2. The van der Waals surface area contributed by atoms with Crippen LogP contribution in [0.3, 0.4) is 0 Å². The highest BCUT2D eigenvalue weighted by Gasteiger charge is 2.24. The minimum absolute atomic E-state index is 0.260. The SMILES string of the molecule is Cc1ccccc1NC(=O)NC(c1ccccc1)c1nnc(-c2ccccc2Cl)o1. The van der Waals surface area contributed by atoms with Crippen LogP contribution in [0.1, 0.15) is 23.1 Å². The van der Waals surface area contributed by atoms with Crippen molar-refractivity contribution in [3.63, 3.8) is 0 Å². The van der Waals surface area contributed by atoms with Crippen molar-refractivity contribution in [1.29, 1.82) is 0 Å². The zero-order valence-corrected chi connectivity index (χ0v) is 16.9. The van der Waals surface area contributed by atoms with Crippen LogP contribution in [-0.4, -0.2) is 16.2 Å². The molecule has 30 heavy (non-hydrogen) atoms. The van der Waals surface area contributed by atoms with Crippen molar-refractivity contribution in [2.75, 3.05) is 5.32 Å². The quantitative estimate of drug-likeness (QED) is 0.441. The van der Waals surface area contributed by atoms with E-state index in [2.05, 4.69) is 20.8 Å². The van der Waals surface area contributed by atoms with E-state index in [-0.39, 0.29) is 17.8 Å². The van der Waals surface area contributed by atoms with Crippen LogP contribution in [0, 0.1) is 6.92 Å². The number of halogens is 1. The Balaban J connectivity index is 1.62. The first-order chi connectivity index (χ1) is 14.6. The maximum atomic E-state index is 12.7. The van der Waals surface area contributed by atoms with E-state index >= 15 is 0 Å². The van der Waals surface area contributed by atoms with Crippen LogP contribution >= 0.6 is 11.6 Å². The molecule has 1 heterocycles. The fraction of sp³-hybridized carbons (Fsp3) is 0.0870. The molecule has 0 aliphatic heterocycles. The van der Waals surface area contributed by atoms with Crippen molar-refractivity contribution in [3.05, 3.63) is 101 Å². The molecule has 0 aliphatic rings. The molecule has 1 aromatic heterocycles. The van der Waals surface area contributed by atoms with E-state index in [4.69, 9.17) is 16.0 Å². The first kappa shape index (κ1) is 19.7. The van der Waals surface area contributed by atoms with Gasteiger partial charge in [-0.2, -0.15) is 0 Å². The first-order valence-electron chi connectivity index (χ1n) is 9.38. The van der Waals surface area contributed by atoms with Crippen molar-refractivity contribution in [2.24, 2.45) is 0 Å². The molecule has 4 rings (SSSR count). The molecule has 0 saturated carbocycles. The Morgan fingerprint density at radius 2 is 1.63 bits per heavy atom. The maximum Gasteiger partial charge on any atom is 0.320 e. The molecule has 3 aromatic carbocycles. The first-order valence-corrected chi connectivity index (χ1v) is 9.76. The Morgan fingerprint density at radius 3 is 2.40 bits per heavy atom. The summed E-state index contributed by atoms with van der Waals surface area (Å²) in [7, 11) is 0. The summed E-state index contributed by atoms with van der Waals surface area (Å²) >= 11 is 6.25. The van der Waals surface area contributed by atoms with Gasteiger partial charge in [-0.15, -0.1) is 10.2 Å². The molecular weight excluding hydrogens is 400 g/mol. The zero-order chi connectivity index (χ0) is 20.9. The normalized spacial score (nSPS) is 11.7. The Labute approximate surface area is 178 Å². The molecule has 4 aromatic rings. The molecule has 0 bridgehead atoms. The number of benzene rings is 3. The number of para-hydroxylation sites is 1. The number of hydrogen-bond acceptors (Lipinski definition) is 4. The van der Waals surface area contributed by atoms with Gasteiger partial charge in [-0.1, -0.05) is 72.3 Å². The highest BCUT2D eigenvalue weighted by Crippen LogP contribution is 2.29. The Kier molecular flexibility index (Phi) is 5.77. The lowest BCUT2D eigenvalue weighted by Crippen LogP contribution is -2.33. The van der Waals surface area contributed by atoms with Gasteiger partial charge in [0.1, 0.15) is 6.04 Å². The number of rotatable bonds is 5. The van der Waals surface area contributed by atoms with E-state index in [1.54, 1.807) is 12.1 Å². The smallest absolute Gasteiger partial charge is 0.320 e. The second kappa shape index (κ2) is 8.80. The van der Waals surface area contributed by atoms with Gasteiger partial charge in [0, 0.05) is 5.69 Å². The van der Waals surface area contributed by atoms with E-state index in [0.29, 0.717) is 10.6 Å². The number of nitrogens with one attached hydrogen (secondary N) is 2. The monoisotopic (exact) mass is 418 g/mol. The van der Waals surface area contributed by atoms with Gasteiger partial charge in [-0.05, 0) is 36.2 Å². The molecule has 0 fully saturated rings. The van der Waals surface area contributed by atoms with Crippen LogP contribution in [0.5, 0.6) is 0 Å². The standard InChI is InChI=1S/C23H19ClN4O2/c1-15-9-5-8-14-19(15)25-23(29)26-20(16-10-3-2-4-11-16)22-28-27-21(30-22)17-12-6-7-13-18(17)24/h2-14,20H,1H3,(H2,25,26,29). The minimum atomic E-state index is -0.626. The third kappa shape index (κ3) is 4.34. The lowest BCUT2D eigenvalue weighted by molar-refractivity contribution is 0.248. The summed E-state index contributed by atoms with van der Waals surface area (Å²) < 4.78 is 5.89. The van der Waals surface area contributed by atoms with Crippen LogP contribution in [0.25, 0.3) is 11.5 Å². The number of carbonyl (C=O) groups is 1.